The normalized spacial score (nSPS) is 15.2. The minimum absolute atomic E-state index is 0.101. The minimum atomic E-state index is -0.144. The van der Waals surface area contributed by atoms with Crippen molar-refractivity contribution in [2.24, 2.45) is 0 Å². The molecule has 8 nitrogen and oxygen atoms in total. The van der Waals surface area contributed by atoms with E-state index in [-0.39, 0.29) is 11.8 Å². The van der Waals surface area contributed by atoms with E-state index in [1.165, 1.54) is 17.6 Å². The van der Waals surface area contributed by atoms with Crippen molar-refractivity contribution in [3.63, 3.8) is 0 Å². The van der Waals surface area contributed by atoms with Gasteiger partial charge in [0.15, 0.2) is 11.5 Å². The van der Waals surface area contributed by atoms with Gasteiger partial charge in [-0.3, -0.25) is 9.59 Å². The third-order valence-corrected chi connectivity index (χ3v) is 4.78. The Bertz CT molecular complexity index is 890. The van der Waals surface area contributed by atoms with Crippen LogP contribution in [0.2, 0.25) is 0 Å². The van der Waals surface area contributed by atoms with E-state index in [1.807, 2.05) is 6.92 Å². The molecule has 4 heterocycles. The summed E-state index contributed by atoms with van der Waals surface area (Å²) in [4.78, 5) is 33.6. The molecule has 0 unspecified atom stereocenters. The maximum Gasteiger partial charge on any atom is 0.289 e. The number of hydrogen-bond acceptors (Lipinski definition) is 6. The van der Waals surface area contributed by atoms with Gasteiger partial charge >= 0.3 is 0 Å². The van der Waals surface area contributed by atoms with Crippen LogP contribution in [-0.2, 0) is 0 Å². The lowest BCUT2D eigenvalue weighted by Crippen LogP contribution is -2.50. The smallest absolute Gasteiger partial charge is 0.289 e. The molecule has 3 aromatic rings. The minimum Gasteiger partial charge on any atom is -0.459 e. The van der Waals surface area contributed by atoms with E-state index in [4.69, 9.17) is 4.42 Å². The summed E-state index contributed by atoms with van der Waals surface area (Å²) in [5.41, 5.74) is 2.84. The molecule has 0 N–H and O–H groups in total. The first-order chi connectivity index (χ1) is 11.6. The van der Waals surface area contributed by atoms with Crippen LogP contribution in [-0.4, -0.2) is 62.4 Å². The summed E-state index contributed by atoms with van der Waals surface area (Å²) in [5, 5.41) is 4.18. The fourth-order valence-electron chi connectivity index (χ4n) is 2.86. The topological polar surface area (TPSA) is 84.0 Å². The molecule has 124 valence electrons. The second-order valence-corrected chi connectivity index (χ2v) is 6.35. The molecule has 1 fully saturated rings. The van der Waals surface area contributed by atoms with Crippen LogP contribution in [0.3, 0.4) is 0 Å². The number of piperazine rings is 1. The van der Waals surface area contributed by atoms with Crippen molar-refractivity contribution in [1.29, 1.82) is 0 Å². The maximum atomic E-state index is 12.8. The number of aryl methyl sites for hydroxylation is 1. The maximum absolute atomic E-state index is 12.8. The van der Waals surface area contributed by atoms with Crippen LogP contribution in [0, 0.1) is 6.92 Å². The molecule has 0 atom stereocenters. The van der Waals surface area contributed by atoms with Crippen molar-refractivity contribution in [3.05, 3.63) is 41.1 Å². The number of nitrogens with zero attached hydrogens (tertiary/aromatic N) is 5. The van der Waals surface area contributed by atoms with Crippen molar-refractivity contribution in [3.8, 4) is 0 Å². The molecule has 0 saturated carbocycles. The molecule has 0 spiro atoms. The average molecular weight is 345 g/mol. The molecule has 24 heavy (non-hydrogen) atoms. The zero-order valence-corrected chi connectivity index (χ0v) is 13.8. The Balaban J connectivity index is 1.48. The average Bonchev–Trinajstić information content (AvgIpc) is 3.31. The fraction of sp³-hybridized carbons (Fsp3) is 0.333. The highest BCUT2D eigenvalue weighted by molar-refractivity contribution is 7.14. The highest BCUT2D eigenvalue weighted by atomic mass is 32.1. The number of amides is 2. The van der Waals surface area contributed by atoms with Crippen LogP contribution in [0.25, 0.3) is 4.96 Å². The molecule has 9 heteroatoms. The molecule has 2 amide bonds. The number of carbonyl (C=O) groups excluding carboxylic acids is 2. The summed E-state index contributed by atoms with van der Waals surface area (Å²) < 4.78 is 6.73. The molecule has 0 radical (unpaired) electrons. The Kier molecular flexibility index (Phi) is 3.57. The van der Waals surface area contributed by atoms with E-state index < -0.39 is 0 Å². The number of carbonyl (C=O) groups is 2. The Hall–Kier alpha value is -2.68. The van der Waals surface area contributed by atoms with E-state index in [1.54, 1.807) is 32.0 Å². The van der Waals surface area contributed by atoms with Gasteiger partial charge in [0, 0.05) is 26.2 Å². The van der Waals surface area contributed by atoms with Crippen molar-refractivity contribution < 1.29 is 14.0 Å². The zero-order chi connectivity index (χ0) is 16.7. The summed E-state index contributed by atoms with van der Waals surface area (Å²) in [6.45, 7) is 3.71. The standard InChI is InChI=1S/C15H15N5O3S/c1-10-12(20-15(17-10)24-9-16-20)14(22)19-6-4-18(5-7-19)13(21)11-3-2-8-23-11/h2-3,8-9H,4-7H2,1H3. The first-order valence-electron chi connectivity index (χ1n) is 7.56. The van der Waals surface area contributed by atoms with Gasteiger partial charge in [-0.25, -0.2) is 4.98 Å². The number of furan rings is 1. The highest BCUT2D eigenvalue weighted by Crippen LogP contribution is 2.18. The van der Waals surface area contributed by atoms with Crippen LogP contribution in [0.1, 0.15) is 26.7 Å². The summed E-state index contributed by atoms with van der Waals surface area (Å²) in [6.07, 6.45) is 1.48. The van der Waals surface area contributed by atoms with E-state index in [0.717, 1.165) is 0 Å². The molecular weight excluding hydrogens is 330 g/mol. The van der Waals surface area contributed by atoms with Crippen LogP contribution < -0.4 is 0 Å². The predicted molar refractivity (Wildman–Crippen MR) is 86.1 cm³/mol. The first-order valence-corrected chi connectivity index (χ1v) is 8.44. The molecule has 1 aliphatic heterocycles. The molecular formula is C15H15N5O3S. The number of aromatic nitrogens is 3. The summed E-state index contributed by atoms with van der Waals surface area (Å²) >= 11 is 1.40. The van der Waals surface area contributed by atoms with E-state index in [0.29, 0.717) is 48.3 Å². The molecule has 3 aromatic heterocycles. The molecule has 0 aliphatic carbocycles. The van der Waals surface area contributed by atoms with Gasteiger partial charge in [0.05, 0.1) is 12.0 Å². The predicted octanol–water partition coefficient (Wildman–Crippen LogP) is 1.29. The summed E-state index contributed by atoms with van der Waals surface area (Å²) in [6, 6.07) is 3.34. The number of hydrogen-bond donors (Lipinski definition) is 0. The van der Waals surface area contributed by atoms with Crippen molar-refractivity contribution in [2.45, 2.75) is 6.92 Å². The third kappa shape index (κ3) is 2.37. The van der Waals surface area contributed by atoms with Gasteiger partial charge in [0.2, 0.25) is 4.96 Å². The van der Waals surface area contributed by atoms with Gasteiger partial charge < -0.3 is 14.2 Å². The van der Waals surface area contributed by atoms with Gasteiger partial charge in [0.1, 0.15) is 5.51 Å². The Morgan fingerprint density at radius 3 is 2.54 bits per heavy atom. The van der Waals surface area contributed by atoms with Gasteiger partial charge in [-0.05, 0) is 19.1 Å². The Morgan fingerprint density at radius 2 is 1.88 bits per heavy atom. The summed E-state index contributed by atoms with van der Waals surface area (Å²) in [7, 11) is 0. The van der Waals surface area contributed by atoms with Crippen molar-refractivity contribution >= 4 is 28.1 Å². The van der Waals surface area contributed by atoms with Crippen LogP contribution in [0.4, 0.5) is 0 Å². The monoisotopic (exact) mass is 345 g/mol. The first kappa shape index (κ1) is 14.9. The van der Waals surface area contributed by atoms with Gasteiger partial charge in [-0.2, -0.15) is 9.61 Å². The van der Waals surface area contributed by atoms with Crippen LogP contribution in [0.15, 0.2) is 28.3 Å². The van der Waals surface area contributed by atoms with E-state index in [9.17, 15) is 9.59 Å². The summed E-state index contributed by atoms with van der Waals surface area (Å²) in [5.74, 6) is 0.0797. The van der Waals surface area contributed by atoms with Crippen molar-refractivity contribution in [2.75, 3.05) is 26.2 Å². The molecule has 0 aromatic carbocycles. The Morgan fingerprint density at radius 1 is 1.17 bits per heavy atom. The SMILES string of the molecule is Cc1nc2scnn2c1C(=O)N1CCN(C(=O)c2ccco2)CC1. The lowest BCUT2D eigenvalue weighted by atomic mass is 10.2. The molecule has 4 rings (SSSR count). The third-order valence-electron chi connectivity index (χ3n) is 4.11. The van der Waals surface area contributed by atoms with Gasteiger partial charge in [0.25, 0.3) is 11.8 Å². The molecule has 0 bridgehead atoms. The lowest BCUT2D eigenvalue weighted by Gasteiger charge is -2.34. The quantitative estimate of drug-likeness (QED) is 0.699. The fourth-order valence-corrected chi connectivity index (χ4v) is 3.52. The zero-order valence-electron chi connectivity index (χ0n) is 13.0. The number of fused-ring (bicyclic) bond motifs is 1. The van der Waals surface area contributed by atoms with E-state index in [2.05, 4.69) is 10.1 Å². The van der Waals surface area contributed by atoms with Crippen LogP contribution in [0.5, 0.6) is 0 Å². The van der Waals surface area contributed by atoms with Gasteiger partial charge in [-0.1, -0.05) is 11.3 Å². The largest absolute Gasteiger partial charge is 0.459 e. The number of imidazole rings is 1. The Labute approximate surface area is 141 Å². The van der Waals surface area contributed by atoms with Gasteiger partial charge in [-0.15, -0.1) is 0 Å². The van der Waals surface area contributed by atoms with E-state index >= 15 is 0 Å². The lowest BCUT2D eigenvalue weighted by molar-refractivity contribution is 0.0513. The second kappa shape index (κ2) is 5.75. The molecule has 1 aliphatic rings. The van der Waals surface area contributed by atoms with Crippen LogP contribution >= 0.6 is 11.3 Å². The number of rotatable bonds is 2. The van der Waals surface area contributed by atoms with Crippen molar-refractivity contribution in [1.82, 2.24) is 24.4 Å². The highest BCUT2D eigenvalue weighted by Gasteiger charge is 2.29. The molecule has 1 saturated heterocycles. The second-order valence-electron chi connectivity index (χ2n) is 5.54.